The third-order valence-electron chi connectivity index (χ3n) is 5.00. The molecule has 1 heterocycles. The third-order valence-corrected chi connectivity index (χ3v) is 5.00. The minimum Gasteiger partial charge on any atom is -0.465 e. The first-order valence-electron chi connectivity index (χ1n) is 9.32. The van der Waals surface area contributed by atoms with Crippen LogP contribution in [0.2, 0.25) is 0 Å². The third kappa shape index (κ3) is 4.90. The van der Waals surface area contributed by atoms with Gasteiger partial charge in [-0.05, 0) is 36.6 Å². The molecule has 0 atom stereocenters. The summed E-state index contributed by atoms with van der Waals surface area (Å²) in [6.45, 7) is 1.24. The first-order chi connectivity index (χ1) is 14.0. The zero-order valence-corrected chi connectivity index (χ0v) is 16.1. The predicted octanol–water partition coefficient (Wildman–Crippen LogP) is 3.34. The van der Waals surface area contributed by atoms with Gasteiger partial charge in [0.25, 0.3) is 5.69 Å². The number of piperidine rings is 1. The molecule has 0 unspecified atom stereocenters. The first-order valence-corrected chi connectivity index (χ1v) is 9.32. The minimum atomic E-state index is -0.418. The van der Waals surface area contributed by atoms with Crippen molar-refractivity contribution in [2.75, 3.05) is 25.1 Å². The molecular formula is C21H22N2O6. The van der Waals surface area contributed by atoms with Gasteiger partial charge >= 0.3 is 11.9 Å². The molecule has 2 aromatic rings. The number of esters is 2. The van der Waals surface area contributed by atoms with Crippen LogP contribution < -0.4 is 4.90 Å². The number of nitro groups is 1. The average molecular weight is 398 g/mol. The fourth-order valence-corrected chi connectivity index (χ4v) is 3.37. The fraction of sp³-hybridized carbons (Fsp3) is 0.333. The van der Waals surface area contributed by atoms with E-state index in [-0.39, 0.29) is 29.1 Å². The van der Waals surface area contributed by atoms with Crippen LogP contribution in [0.1, 0.15) is 28.8 Å². The van der Waals surface area contributed by atoms with Crippen molar-refractivity contribution < 1.29 is 24.0 Å². The molecule has 0 saturated carbocycles. The molecule has 0 N–H and O–H groups in total. The number of hydrogen-bond donors (Lipinski definition) is 0. The summed E-state index contributed by atoms with van der Waals surface area (Å²) in [4.78, 5) is 36.6. The van der Waals surface area contributed by atoms with Gasteiger partial charge in [-0.1, -0.05) is 24.3 Å². The van der Waals surface area contributed by atoms with E-state index in [1.54, 1.807) is 42.5 Å². The van der Waals surface area contributed by atoms with E-state index in [2.05, 4.69) is 4.74 Å². The normalized spacial score (nSPS) is 14.3. The quantitative estimate of drug-likeness (QED) is 0.418. The van der Waals surface area contributed by atoms with Gasteiger partial charge in [-0.25, -0.2) is 4.79 Å². The van der Waals surface area contributed by atoms with Crippen molar-refractivity contribution in [2.45, 2.75) is 19.4 Å². The van der Waals surface area contributed by atoms with Crippen LogP contribution >= 0.6 is 0 Å². The molecule has 1 aliphatic heterocycles. The molecule has 29 heavy (non-hydrogen) atoms. The Labute approximate surface area is 168 Å². The summed E-state index contributed by atoms with van der Waals surface area (Å²) in [5.41, 5.74) is 1.87. The number of ether oxygens (including phenoxy) is 2. The van der Waals surface area contributed by atoms with E-state index in [0.29, 0.717) is 37.2 Å². The zero-order chi connectivity index (χ0) is 20.8. The van der Waals surface area contributed by atoms with Crippen LogP contribution in [0.4, 0.5) is 11.4 Å². The molecule has 8 heteroatoms. The highest BCUT2D eigenvalue weighted by atomic mass is 16.6. The van der Waals surface area contributed by atoms with Crippen LogP contribution in [-0.4, -0.2) is 37.1 Å². The topological polar surface area (TPSA) is 99.0 Å². The van der Waals surface area contributed by atoms with E-state index in [1.807, 2.05) is 4.90 Å². The zero-order valence-electron chi connectivity index (χ0n) is 16.1. The van der Waals surface area contributed by atoms with E-state index in [1.165, 1.54) is 13.2 Å². The van der Waals surface area contributed by atoms with Gasteiger partial charge in [-0.2, -0.15) is 0 Å². The van der Waals surface area contributed by atoms with Crippen molar-refractivity contribution in [3.63, 3.8) is 0 Å². The highest BCUT2D eigenvalue weighted by molar-refractivity contribution is 5.89. The number of benzene rings is 2. The van der Waals surface area contributed by atoms with Crippen molar-refractivity contribution in [3.05, 3.63) is 69.8 Å². The second-order valence-corrected chi connectivity index (χ2v) is 6.80. The predicted molar refractivity (Wildman–Crippen MR) is 106 cm³/mol. The summed E-state index contributed by atoms with van der Waals surface area (Å²) >= 11 is 0. The lowest BCUT2D eigenvalue weighted by Gasteiger charge is -2.32. The Kier molecular flexibility index (Phi) is 6.43. The maximum atomic E-state index is 12.4. The molecule has 3 rings (SSSR count). The highest BCUT2D eigenvalue weighted by Gasteiger charge is 2.29. The smallest absolute Gasteiger partial charge is 0.337 e. The van der Waals surface area contributed by atoms with Crippen molar-refractivity contribution in [1.29, 1.82) is 0 Å². The lowest BCUT2D eigenvalue weighted by atomic mass is 9.96. The maximum absolute atomic E-state index is 12.4. The van der Waals surface area contributed by atoms with Crippen LogP contribution in [0.15, 0.2) is 48.5 Å². The molecule has 2 aromatic carbocycles. The van der Waals surface area contributed by atoms with Crippen LogP contribution in [-0.2, 0) is 20.9 Å². The molecular weight excluding hydrogens is 376 g/mol. The summed E-state index contributed by atoms with van der Waals surface area (Å²) in [5.74, 6) is -0.924. The molecule has 1 saturated heterocycles. The molecule has 0 aliphatic carbocycles. The molecule has 0 amide bonds. The summed E-state index contributed by atoms with van der Waals surface area (Å²) < 4.78 is 10.1. The summed E-state index contributed by atoms with van der Waals surface area (Å²) in [6, 6.07) is 13.3. The number of rotatable bonds is 6. The molecule has 0 bridgehead atoms. The van der Waals surface area contributed by atoms with E-state index in [9.17, 15) is 19.7 Å². The van der Waals surface area contributed by atoms with Gasteiger partial charge in [0.15, 0.2) is 0 Å². The number of anilines is 1. The first kappa shape index (κ1) is 20.3. The van der Waals surface area contributed by atoms with Gasteiger partial charge in [0, 0.05) is 19.2 Å². The number of para-hydroxylation sites is 2. The minimum absolute atomic E-state index is 0.0731. The molecule has 0 spiro atoms. The number of nitrogens with zero attached hydrogens (tertiary/aromatic N) is 2. The molecule has 1 aliphatic rings. The number of hydrogen-bond acceptors (Lipinski definition) is 7. The molecule has 1 fully saturated rings. The van der Waals surface area contributed by atoms with Crippen LogP contribution in [0.5, 0.6) is 0 Å². The summed E-state index contributed by atoms with van der Waals surface area (Å²) in [5, 5.41) is 11.2. The molecule has 0 aromatic heterocycles. The lowest BCUT2D eigenvalue weighted by molar-refractivity contribution is -0.384. The monoisotopic (exact) mass is 398 g/mol. The number of carbonyl (C=O) groups excluding carboxylic acids is 2. The fourth-order valence-electron chi connectivity index (χ4n) is 3.37. The number of methoxy groups -OCH3 is 1. The summed E-state index contributed by atoms with van der Waals surface area (Å²) in [6.07, 6.45) is 1.15. The van der Waals surface area contributed by atoms with Gasteiger partial charge in [0.2, 0.25) is 0 Å². The van der Waals surface area contributed by atoms with Crippen molar-refractivity contribution in [1.82, 2.24) is 0 Å². The highest BCUT2D eigenvalue weighted by Crippen LogP contribution is 2.31. The SMILES string of the molecule is COC(=O)c1ccc(COC(=O)C2CCN(c3ccccc3[N+](=O)[O-])CC2)cc1. The molecule has 8 nitrogen and oxygen atoms in total. The Morgan fingerprint density at radius 1 is 1.10 bits per heavy atom. The molecule has 0 radical (unpaired) electrons. The Hall–Kier alpha value is -3.42. The number of carbonyl (C=O) groups is 2. The van der Waals surface area contributed by atoms with E-state index < -0.39 is 5.97 Å². The lowest BCUT2D eigenvalue weighted by Crippen LogP contribution is -2.37. The van der Waals surface area contributed by atoms with Crippen molar-refractivity contribution >= 4 is 23.3 Å². The second-order valence-electron chi connectivity index (χ2n) is 6.80. The summed E-state index contributed by atoms with van der Waals surface area (Å²) in [7, 11) is 1.32. The van der Waals surface area contributed by atoms with Gasteiger partial charge < -0.3 is 14.4 Å². The second kappa shape index (κ2) is 9.18. The van der Waals surface area contributed by atoms with Gasteiger partial charge in [-0.3, -0.25) is 14.9 Å². The average Bonchev–Trinajstić information content (AvgIpc) is 2.77. The standard InChI is InChI=1S/C21H22N2O6/c1-28-20(24)16-8-6-15(7-9-16)14-29-21(25)17-10-12-22(13-11-17)18-4-2-3-5-19(18)23(26)27/h2-9,17H,10-14H2,1H3. The number of nitro benzene ring substituents is 1. The Morgan fingerprint density at radius 2 is 1.76 bits per heavy atom. The van der Waals surface area contributed by atoms with Crippen LogP contribution in [0, 0.1) is 16.0 Å². The maximum Gasteiger partial charge on any atom is 0.337 e. The van der Waals surface area contributed by atoms with Crippen LogP contribution in [0.25, 0.3) is 0 Å². The van der Waals surface area contributed by atoms with Gasteiger partial charge in [0.1, 0.15) is 12.3 Å². The van der Waals surface area contributed by atoms with Gasteiger partial charge in [0.05, 0.1) is 23.5 Å². The molecule has 152 valence electrons. The van der Waals surface area contributed by atoms with E-state index >= 15 is 0 Å². The Bertz CT molecular complexity index is 888. The Morgan fingerprint density at radius 3 is 2.38 bits per heavy atom. The van der Waals surface area contributed by atoms with Crippen molar-refractivity contribution in [2.24, 2.45) is 5.92 Å². The van der Waals surface area contributed by atoms with E-state index in [0.717, 1.165) is 5.56 Å². The largest absolute Gasteiger partial charge is 0.465 e. The van der Waals surface area contributed by atoms with Crippen LogP contribution in [0.3, 0.4) is 0 Å². The van der Waals surface area contributed by atoms with E-state index in [4.69, 9.17) is 4.74 Å². The Balaban J connectivity index is 1.52. The van der Waals surface area contributed by atoms with Gasteiger partial charge in [-0.15, -0.1) is 0 Å². The van der Waals surface area contributed by atoms with Crippen molar-refractivity contribution in [3.8, 4) is 0 Å².